The van der Waals surface area contributed by atoms with Gasteiger partial charge in [0, 0.05) is 37.3 Å². The number of nitrogens with one attached hydrogen (secondary N) is 2. The van der Waals surface area contributed by atoms with Crippen LogP contribution in [0.25, 0.3) is 10.9 Å². The van der Waals surface area contributed by atoms with E-state index in [1.54, 1.807) is 13.2 Å². The van der Waals surface area contributed by atoms with Crippen LogP contribution < -0.4 is 10.6 Å². The van der Waals surface area contributed by atoms with Crippen molar-refractivity contribution in [2.75, 3.05) is 18.9 Å². The maximum Gasteiger partial charge on any atom is 0.221 e. The second kappa shape index (κ2) is 5.30. The molecule has 2 aromatic rings. The van der Waals surface area contributed by atoms with E-state index in [9.17, 15) is 4.79 Å². The first kappa shape index (κ1) is 11.4. The van der Waals surface area contributed by atoms with Crippen LogP contribution in [-0.4, -0.2) is 24.5 Å². The van der Waals surface area contributed by atoms with Gasteiger partial charge in [-0.3, -0.25) is 9.78 Å². The van der Waals surface area contributed by atoms with E-state index in [0.29, 0.717) is 13.0 Å². The van der Waals surface area contributed by atoms with E-state index < -0.39 is 0 Å². The van der Waals surface area contributed by atoms with Crippen LogP contribution >= 0.6 is 0 Å². The predicted molar refractivity (Wildman–Crippen MR) is 68.9 cm³/mol. The fourth-order valence-corrected chi connectivity index (χ4v) is 1.69. The highest BCUT2D eigenvalue weighted by Gasteiger charge is 2.01. The number of carbonyl (C=O) groups is 1. The van der Waals surface area contributed by atoms with E-state index in [1.807, 2.05) is 30.3 Å². The summed E-state index contributed by atoms with van der Waals surface area (Å²) in [5.41, 5.74) is 1.97. The van der Waals surface area contributed by atoms with Crippen LogP contribution in [0.5, 0.6) is 0 Å². The number of hydrogen-bond acceptors (Lipinski definition) is 3. The second-order valence-corrected chi connectivity index (χ2v) is 3.73. The van der Waals surface area contributed by atoms with Crippen molar-refractivity contribution in [1.82, 2.24) is 10.3 Å². The van der Waals surface area contributed by atoms with Gasteiger partial charge >= 0.3 is 0 Å². The molecular formula is C13H15N3O. The zero-order valence-corrected chi connectivity index (χ0v) is 9.73. The molecule has 0 unspecified atom stereocenters. The van der Waals surface area contributed by atoms with Crippen molar-refractivity contribution in [3.8, 4) is 0 Å². The van der Waals surface area contributed by atoms with Crippen molar-refractivity contribution in [3.63, 3.8) is 0 Å². The van der Waals surface area contributed by atoms with E-state index in [-0.39, 0.29) is 5.91 Å². The third-order valence-electron chi connectivity index (χ3n) is 2.60. The summed E-state index contributed by atoms with van der Waals surface area (Å²) in [6, 6.07) is 9.85. The topological polar surface area (TPSA) is 54.0 Å². The lowest BCUT2D eigenvalue weighted by molar-refractivity contribution is -0.120. The molecule has 0 spiro atoms. The smallest absolute Gasteiger partial charge is 0.221 e. The van der Waals surface area contributed by atoms with Gasteiger partial charge in [-0.15, -0.1) is 0 Å². The maximum atomic E-state index is 11.1. The SMILES string of the molecule is CNC(=O)CCNc1ccnc2ccccc12. The van der Waals surface area contributed by atoms with E-state index in [0.717, 1.165) is 16.6 Å². The van der Waals surface area contributed by atoms with Gasteiger partial charge in [0.15, 0.2) is 0 Å². The van der Waals surface area contributed by atoms with Crippen molar-refractivity contribution in [3.05, 3.63) is 36.5 Å². The van der Waals surface area contributed by atoms with E-state index in [2.05, 4.69) is 15.6 Å². The average Bonchev–Trinajstić information content (AvgIpc) is 2.39. The van der Waals surface area contributed by atoms with Crippen molar-refractivity contribution in [1.29, 1.82) is 0 Å². The molecule has 0 saturated heterocycles. The number of rotatable bonds is 4. The molecule has 1 heterocycles. The third-order valence-corrected chi connectivity index (χ3v) is 2.60. The largest absolute Gasteiger partial charge is 0.384 e. The number of nitrogens with zero attached hydrogens (tertiary/aromatic N) is 1. The zero-order chi connectivity index (χ0) is 12.1. The van der Waals surface area contributed by atoms with Crippen LogP contribution in [0.1, 0.15) is 6.42 Å². The summed E-state index contributed by atoms with van der Waals surface area (Å²) in [6.07, 6.45) is 2.23. The summed E-state index contributed by atoms with van der Waals surface area (Å²) in [7, 11) is 1.64. The highest BCUT2D eigenvalue weighted by atomic mass is 16.1. The number of aromatic nitrogens is 1. The Balaban J connectivity index is 2.11. The molecule has 4 nitrogen and oxygen atoms in total. The molecule has 1 aromatic carbocycles. The number of carbonyl (C=O) groups excluding carboxylic acids is 1. The molecule has 2 N–H and O–H groups in total. The number of para-hydroxylation sites is 1. The molecule has 0 saturated carbocycles. The number of hydrogen-bond donors (Lipinski definition) is 2. The first-order chi connectivity index (χ1) is 8.31. The number of benzene rings is 1. The highest BCUT2D eigenvalue weighted by Crippen LogP contribution is 2.20. The van der Waals surface area contributed by atoms with Gasteiger partial charge in [-0.2, -0.15) is 0 Å². The van der Waals surface area contributed by atoms with Crippen molar-refractivity contribution >= 4 is 22.5 Å². The monoisotopic (exact) mass is 229 g/mol. The predicted octanol–water partition coefficient (Wildman–Crippen LogP) is 1.78. The Hall–Kier alpha value is -2.10. The zero-order valence-electron chi connectivity index (χ0n) is 9.73. The molecule has 0 aliphatic heterocycles. The molecule has 1 aromatic heterocycles. The van der Waals surface area contributed by atoms with Crippen LogP contribution in [0.15, 0.2) is 36.5 Å². The van der Waals surface area contributed by atoms with Gasteiger partial charge in [-0.25, -0.2) is 0 Å². The summed E-state index contributed by atoms with van der Waals surface area (Å²) >= 11 is 0. The van der Waals surface area contributed by atoms with E-state index in [4.69, 9.17) is 0 Å². The maximum absolute atomic E-state index is 11.1. The number of fused-ring (bicyclic) bond motifs is 1. The Kier molecular flexibility index (Phi) is 3.55. The van der Waals surface area contributed by atoms with Gasteiger partial charge in [0.1, 0.15) is 0 Å². The third kappa shape index (κ3) is 2.72. The molecule has 0 bridgehead atoms. The lowest BCUT2D eigenvalue weighted by Gasteiger charge is -2.08. The molecule has 1 amide bonds. The molecule has 0 atom stereocenters. The Morgan fingerprint density at radius 3 is 2.94 bits per heavy atom. The van der Waals surface area contributed by atoms with Crippen LogP contribution in [0.3, 0.4) is 0 Å². The highest BCUT2D eigenvalue weighted by molar-refractivity contribution is 5.91. The van der Waals surface area contributed by atoms with E-state index in [1.165, 1.54) is 0 Å². The summed E-state index contributed by atoms with van der Waals surface area (Å²) < 4.78 is 0. The average molecular weight is 229 g/mol. The lowest BCUT2D eigenvalue weighted by atomic mass is 10.2. The van der Waals surface area contributed by atoms with E-state index >= 15 is 0 Å². The van der Waals surface area contributed by atoms with Crippen molar-refractivity contribution in [2.45, 2.75) is 6.42 Å². The standard InChI is InChI=1S/C13H15N3O/c1-14-13(17)7-9-16-12-6-8-15-11-5-3-2-4-10(11)12/h2-6,8H,7,9H2,1H3,(H,14,17)(H,15,16). The molecule has 17 heavy (non-hydrogen) atoms. The second-order valence-electron chi connectivity index (χ2n) is 3.73. The van der Waals surface area contributed by atoms with Crippen LogP contribution in [0.4, 0.5) is 5.69 Å². The van der Waals surface area contributed by atoms with Crippen LogP contribution in [-0.2, 0) is 4.79 Å². The quantitative estimate of drug-likeness (QED) is 0.840. The van der Waals surface area contributed by atoms with Gasteiger partial charge in [0.05, 0.1) is 5.52 Å². The van der Waals surface area contributed by atoms with Crippen LogP contribution in [0, 0.1) is 0 Å². The Morgan fingerprint density at radius 2 is 2.12 bits per heavy atom. The molecule has 0 aliphatic carbocycles. The number of anilines is 1. The number of pyridine rings is 1. The van der Waals surface area contributed by atoms with Gasteiger partial charge in [0.2, 0.25) is 5.91 Å². The normalized spacial score (nSPS) is 10.2. The van der Waals surface area contributed by atoms with Crippen LogP contribution in [0.2, 0.25) is 0 Å². The Labute approximate surface area is 100 Å². The van der Waals surface area contributed by atoms with Crippen molar-refractivity contribution in [2.24, 2.45) is 0 Å². The summed E-state index contributed by atoms with van der Waals surface area (Å²) in [5, 5.41) is 6.92. The lowest BCUT2D eigenvalue weighted by Crippen LogP contribution is -2.20. The molecule has 4 heteroatoms. The molecular weight excluding hydrogens is 214 g/mol. The molecule has 0 radical (unpaired) electrons. The Morgan fingerprint density at radius 1 is 1.29 bits per heavy atom. The van der Waals surface area contributed by atoms with Crippen molar-refractivity contribution < 1.29 is 4.79 Å². The summed E-state index contributed by atoms with van der Waals surface area (Å²) in [4.78, 5) is 15.4. The molecule has 0 aliphatic rings. The molecule has 88 valence electrons. The fourth-order valence-electron chi connectivity index (χ4n) is 1.69. The number of amides is 1. The molecule has 2 rings (SSSR count). The van der Waals surface area contributed by atoms with Gasteiger partial charge in [0.25, 0.3) is 0 Å². The minimum Gasteiger partial charge on any atom is -0.384 e. The fraction of sp³-hybridized carbons (Fsp3) is 0.231. The summed E-state index contributed by atoms with van der Waals surface area (Å²) in [5.74, 6) is 0.0378. The van der Waals surface area contributed by atoms with Gasteiger partial charge in [-0.05, 0) is 12.1 Å². The molecule has 0 fully saturated rings. The first-order valence-corrected chi connectivity index (χ1v) is 5.59. The minimum atomic E-state index is 0.0378. The Bertz CT molecular complexity index is 520. The minimum absolute atomic E-state index is 0.0378. The van der Waals surface area contributed by atoms with Gasteiger partial charge in [-0.1, -0.05) is 18.2 Å². The first-order valence-electron chi connectivity index (χ1n) is 5.59. The van der Waals surface area contributed by atoms with Gasteiger partial charge < -0.3 is 10.6 Å². The summed E-state index contributed by atoms with van der Waals surface area (Å²) in [6.45, 7) is 0.619.